The van der Waals surface area contributed by atoms with Gasteiger partial charge in [0.05, 0.1) is 0 Å². The normalized spacial score (nSPS) is 18.2. The van der Waals surface area contributed by atoms with Gasteiger partial charge in [0.2, 0.25) is 5.91 Å². The Morgan fingerprint density at radius 3 is 2.90 bits per heavy atom. The lowest BCUT2D eigenvalue weighted by molar-refractivity contribution is -0.131. The number of benzene rings is 1. The van der Waals surface area contributed by atoms with Crippen LogP contribution in [-0.4, -0.2) is 36.1 Å². The second kappa shape index (κ2) is 6.63. The van der Waals surface area contributed by atoms with Crippen LogP contribution >= 0.6 is 11.6 Å². The fourth-order valence-electron chi connectivity index (χ4n) is 2.48. The van der Waals surface area contributed by atoms with Gasteiger partial charge in [0.15, 0.2) is 0 Å². The van der Waals surface area contributed by atoms with Crippen LogP contribution in [0.5, 0.6) is 0 Å². The minimum absolute atomic E-state index is 0.0426. The highest BCUT2D eigenvalue weighted by molar-refractivity contribution is 6.31. The number of aliphatic carboxylic acids is 1. The lowest BCUT2D eigenvalue weighted by Crippen LogP contribution is -2.35. The van der Waals surface area contributed by atoms with Crippen LogP contribution in [0.15, 0.2) is 24.3 Å². The van der Waals surface area contributed by atoms with Crippen molar-refractivity contribution in [3.8, 4) is 0 Å². The van der Waals surface area contributed by atoms with Crippen LogP contribution in [0.3, 0.4) is 0 Å². The second-order valence-electron chi connectivity index (χ2n) is 5.01. The van der Waals surface area contributed by atoms with Crippen molar-refractivity contribution in [2.24, 2.45) is 0 Å². The first kappa shape index (κ1) is 15.4. The summed E-state index contributed by atoms with van der Waals surface area (Å²) in [5.41, 5.74) is 1.68. The second-order valence-corrected chi connectivity index (χ2v) is 5.44. The van der Waals surface area contributed by atoms with E-state index in [2.05, 4.69) is 10.2 Å². The molecule has 0 spiro atoms. The largest absolute Gasteiger partial charge is 0.478 e. The number of nitrogens with one attached hydrogen (secondary N) is 1. The fraction of sp³-hybridized carbons (Fsp3) is 0.333. The SMILES string of the molecule is CC(=O)NC1CCN(c2cc(Cl)ccc2/C=C/C(=O)O)C1. The van der Waals surface area contributed by atoms with Crippen LogP contribution in [0.2, 0.25) is 5.02 Å². The number of halogens is 1. The monoisotopic (exact) mass is 308 g/mol. The molecule has 1 amide bonds. The topological polar surface area (TPSA) is 69.6 Å². The van der Waals surface area contributed by atoms with E-state index >= 15 is 0 Å². The molecule has 1 aliphatic heterocycles. The molecule has 5 nitrogen and oxygen atoms in total. The molecule has 0 radical (unpaired) electrons. The number of hydrogen-bond acceptors (Lipinski definition) is 3. The average molecular weight is 309 g/mol. The van der Waals surface area contributed by atoms with Crippen LogP contribution in [-0.2, 0) is 9.59 Å². The smallest absolute Gasteiger partial charge is 0.328 e. The van der Waals surface area contributed by atoms with Crippen LogP contribution in [0.25, 0.3) is 6.08 Å². The van der Waals surface area contributed by atoms with E-state index in [0.29, 0.717) is 11.6 Å². The maximum Gasteiger partial charge on any atom is 0.328 e. The number of carbonyl (C=O) groups excluding carboxylic acids is 1. The minimum atomic E-state index is -0.992. The molecule has 21 heavy (non-hydrogen) atoms. The molecule has 0 saturated carbocycles. The predicted octanol–water partition coefficient (Wildman–Crippen LogP) is 2.15. The number of nitrogens with zero attached hydrogens (tertiary/aromatic N) is 1. The highest BCUT2D eigenvalue weighted by atomic mass is 35.5. The number of rotatable bonds is 4. The third kappa shape index (κ3) is 4.23. The molecule has 0 aliphatic carbocycles. The number of hydrogen-bond donors (Lipinski definition) is 2. The molecule has 2 N–H and O–H groups in total. The summed E-state index contributed by atoms with van der Waals surface area (Å²) >= 11 is 6.04. The van der Waals surface area contributed by atoms with Crippen LogP contribution in [0, 0.1) is 0 Å². The summed E-state index contributed by atoms with van der Waals surface area (Å²) in [5, 5.41) is 12.3. The zero-order valence-corrected chi connectivity index (χ0v) is 12.4. The zero-order valence-electron chi connectivity index (χ0n) is 11.7. The van der Waals surface area contributed by atoms with Crippen molar-refractivity contribution < 1.29 is 14.7 Å². The Morgan fingerprint density at radius 2 is 2.24 bits per heavy atom. The molecule has 0 aromatic heterocycles. The molecular formula is C15H17ClN2O3. The van der Waals surface area contributed by atoms with Crippen molar-refractivity contribution in [1.29, 1.82) is 0 Å². The number of anilines is 1. The highest BCUT2D eigenvalue weighted by Crippen LogP contribution is 2.29. The standard InChI is InChI=1S/C15H17ClN2O3/c1-10(19)17-13-6-7-18(9-13)14-8-12(16)4-2-11(14)3-5-15(20)21/h2-5,8,13H,6-7,9H2,1H3,(H,17,19)(H,20,21)/b5-3+. The molecule has 0 bridgehead atoms. The van der Waals surface area contributed by atoms with Gasteiger partial charge >= 0.3 is 5.97 Å². The number of carbonyl (C=O) groups is 2. The van der Waals surface area contributed by atoms with E-state index in [4.69, 9.17) is 16.7 Å². The van der Waals surface area contributed by atoms with Crippen molar-refractivity contribution in [1.82, 2.24) is 5.32 Å². The fourth-order valence-corrected chi connectivity index (χ4v) is 2.64. The summed E-state index contributed by atoms with van der Waals surface area (Å²) < 4.78 is 0. The molecule has 6 heteroatoms. The van der Waals surface area contributed by atoms with Gasteiger partial charge in [-0.3, -0.25) is 4.79 Å². The maximum absolute atomic E-state index is 11.1. The molecule has 1 fully saturated rings. The van der Waals surface area contributed by atoms with E-state index in [0.717, 1.165) is 30.3 Å². The molecule has 1 aromatic carbocycles. The molecule has 1 heterocycles. The molecule has 1 aliphatic rings. The number of carboxylic acid groups (broad SMARTS) is 1. The van der Waals surface area contributed by atoms with Gasteiger partial charge in [-0.1, -0.05) is 17.7 Å². The maximum atomic E-state index is 11.1. The van der Waals surface area contributed by atoms with E-state index in [1.807, 2.05) is 6.07 Å². The summed E-state index contributed by atoms with van der Waals surface area (Å²) in [6, 6.07) is 5.45. The third-order valence-electron chi connectivity index (χ3n) is 3.33. The van der Waals surface area contributed by atoms with Crippen LogP contribution < -0.4 is 10.2 Å². The Kier molecular flexibility index (Phi) is 4.85. The van der Waals surface area contributed by atoms with E-state index < -0.39 is 5.97 Å². The number of carboxylic acids is 1. The third-order valence-corrected chi connectivity index (χ3v) is 3.57. The molecule has 1 aromatic rings. The number of amides is 1. The van der Waals surface area contributed by atoms with E-state index in [1.165, 1.54) is 6.92 Å². The summed E-state index contributed by atoms with van der Waals surface area (Å²) in [5.74, 6) is -1.03. The molecule has 1 atom stereocenters. The van der Waals surface area contributed by atoms with Crippen molar-refractivity contribution in [2.75, 3.05) is 18.0 Å². The Hall–Kier alpha value is -2.01. The van der Waals surface area contributed by atoms with Crippen molar-refractivity contribution in [2.45, 2.75) is 19.4 Å². The van der Waals surface area contributed by atoms with E-state index in [1.54, 1.807) is 18.2 Å². The van der Waals surface area contributed by atoms with Gasteiger partial charge in [0.25, 0.3) is 0 Å². The van der Waals surface area contributed by atoms with Gasteiger partial charge in [-0.15, -0.1) is 0 Å². The average Bonchev–Trinajstić information content (AvgIpc) is 2.84. The molecule has 1 saturated heterocycles. The molecule has 2 rings (SSSR count). The minimum Gasteiger partial charge on any atom is -0.478 e. The quantitative estimate of drug-likeness (QED) is 0.836. The Morgan fingerprint density at radius 1 is 1.48 bits per heavy atom. The first-order valence-electron chi connectivity index (χ1n) is 6.68. The van der Waals surface area contributed by atoms with Crippen LogP contribution in [0.4, 0.5) is 5.69 Å². The summed E-state index contributed by atoms with van der Waals surface area (Å²) in [6.45, 7) is 2.98. The lowest BCUT2D eigenvalue weighted by atomic mass is 10.1. The van der Waals surface area contributed by atoms with E-state index in [9.17, 15) is 9.59 Å². The van der Waals surface area contributed by atoms with Gasteiger partial charge in [0, 0.05) is 42.8 Å². The zero-order chi connectivity index (χ0) is 15.4. The van der Waals surface area contributed by atoms with Gasteiger partial charge in [-0.2, -0.15) is 0 Å². The summed E-state index contributed by atoms with van der Waals surface area (Å²) in [6.07, 6.45) is 3.52. The summed E-state index contributed by atoms with van der Waals surface area (Å²) in [4.78, 5) is 23.9. The van der Waals surface area contributed by atoms with Gasteiger partial charge < -0.3 is 15.3 Å². The first-order valence-corrected chi connectivity index (χ1v) is 7.06. The highest BCUT2D eigenvalue weighted by Gasteiger charge is 2.24. The van der Waals surface area contributed by atoms with E-state index in [-0.39, 0.29) is 11.9 Å². The van der Waals surface area contributed by atoms with Crippen molar-refractivity contribution >= 4 is 35.2 Å². The Labute approximate surface area is 128 Å². The Balaban J connectivity index is 2.20. The molecular weight excluding hydrogens is 292 g/mol. The molecule has 112 valence electrons. The Bertz CT molecular complexity index is 586. The van der Waals surface area contributed by atoms with Crippen molar-refractivity contribution in [3.05, 3.63) is 34.9 Å². The predicted molar refractivity (Wildman–Crippen MR) is 82.6 cm³/mol. The lowest BCUT2D eigenvalue weighted by Gasteiger charge is -2.21. The summed E-state index contributed by atoms with van der Waals surface area (Å²) in [7, 11) is 0. The van der Waals surface area contributed by atoms with Crippen molar-refractivity contribution in [3.63, 3.8) is 0 Å². The first-order chi connectivity index (χ1) is 9.95. The van der Waals surface area contributed by atoms with Crippen LogP contribution in [0.1, 0.15) is 18.9 Å². The molecule has 1 unspecified atom stereocenters. The van der Waals surface area contributed by atoms with Gasteiger partial charge in [-0.05, 0) is 30.2 Å². The van der Waals surface area contributed by atoms with Gasteiger partial charge in [-0.25, -0.2) is 4.79 Å². The van der Waals surface area contributed by atoms with Gasteiger partial charge in [0.1, 0.15) is 0 Å².